The van der Waals surface area contributed by atoms with Crippen LogP contribution in [0.3, 0.4) is 0 Å². The van der Waals surface area contributed by atoms with Crippen molar-refractivity contribution in [3.05, 3.63) is 72.9 Å². The Balaban J connectivity index is 5.23. The maximum atomic E-state index is 13.5. The molecule has 10 heteroatoms. The molecule has 442 valence electrons. The Labute approximate surface area is 470 Å². The molecule has 0 fully saturated rings. The molecule has 0 radical (unpaired) electrons. The van der Waals surface area contributed by atoms with Crippen LogP contribution >= 0.6 is 7.82 Å². The third kappa shape index (κ3) is 56.2. The van der Waals surface area contributed by atoms with Gasteiger partial charge in [0.15, 0.2) is 0 Å². The van der Waals surface area contributed by atoms with Gasteiger partial charge in [-0.3, -0.25) is 14.2 Å². The van der Waals surface area contributed by atoms with Crippen molar-refractivity contribution in [1.29, 1.82) is 0 Å². The fourth-order valence-corrected chi connectivity index (χ4v) is 9.74. The minimum Gasteiger partial charge on any atom is -0.756 e. The molecule has 0 aliphatic heterocycles. The van der Waals surface area contributed by atoms with Crippen LogP contribution in [0.4, 0.5) is 0 Å². The van der Waals surface area contributed by atoms with E-state index in [4.69, 9.17) is 13.8 Å². The molecule has 0 saturated carbocycles. The van der Waals surface area contributed by atoms with E-state index in [1.807, 2.05) is 33.3 Å². The lowest BCUT2D eigenvalue weighted by Gasteiger charge is -2.30. The number of unbranched alkanes of at least 4 members (excludes halogenated alkanes) is 31. The lowest BCUT2D eigenvalue weighted by Crippen LogP contribution is -2.47. The van der Waals surface area contributed by atoms with Gasteiger partial charge in [0.25, 0.3) is 7.82 Å². The summed E-state index contributed by atoms with van der Waals surface area (Å²) in [4.78, 5) is 40.0. The first-order chi connectivity index (χ1) is 36.9. The Morgan fingerprint density at radius 1 is 0.474 bits per heavy atom. The summed E-state index contributed by atoms with van der Waals surface area (Å²) in [7, 11) is 1.18. The molecule has 1 amide bonds. The van der Waals surface area contributed by atoms with Crippen molar-refractivity contribution < 1.29 is 37.3 Å². The highest BCUT2D eigenvalue weighted by Crippen LogP contribution is 2.38. The molecule has 0 aromatic carbocycles. The molecular formula is C66H121N2O7P. The van der Waals surface area contributed by atoms with Crippen molar-refractivity contribution in [2.45, 2.75) is 296 Å². The molecule has 3 atom stereocenters. The van der Waals surface area contributed by atoms with Crippen molar-refractivity contribution in [1.82, 2.24) is 5.32 Å². The van der Waals surface area contributed by atoms with E-state index in [9.17, 15) is 19.0 Å². The number of hydrogen-bond acceptors (Lipinski definition) is 7. The lowest BCUT2D eigenvalue weighted by atomic mass is 10.0. The fraction of sp³-hybridized carbons (Fsp3) is 0.788. The third-order valence-electron chi connectivity index (χ3n) is 13.9. The standard InChI is InChI=1S/C66H121N2O7P/c1-7-10-13-16-19-22-25-28-30-31-32-33-34-35-36-37-38-40-43-46-49-52-55-58-65(69)67-63(62-74-76(71,72)73-61-60-68(4,5)6)64(57-54-51-48-45-42-39-27-24-21-18-15-12-9-3)75-66(70)59-56-53-50-47-44-41-29-26-23-20-17-14-11-8-2/h10,13,19,22,28,30,32-33,35-36,54,57,63-64H,7-9,11-12,14-18,20-21,23-27,29,31,34,37-53,55-56,58-62H2,1-6H3,(H-,67,69,71,72)/b13-10-,22-19-,30-28-,33-32-,36-35-,57-54-. The molecule has 0 aliphatic rings. The van der Waals surface area contributed by atoms with Gasteiger partial charge in [-0.25, -0.2) is 0 Å². The summed E-state index contributed by atoms with van der Waals surface area (Å²) in [6, 6.07) is -0.895. The minimum atomic E-state index is -4.70. The molecule has 0 saturated heterocycles. The largest absolute Gasteiger partial charge is 0.756 e. The number of esters is 1. The zero-order chi connectivity index (χ0) is 55.7. The molecule has 3 unspecified atom stereocenters. The molecule has 9 nitrogen and oxygen atoms in total. The number of carbonyl (C=O) groups excluding carboxylic acids is 2. The number of carbonyl (C=O) groups is 2. The fourth-order valence-electron chi connectivity index (χ4n) is 9.02. The van der Waals surface area contributed by atoms with Crippen LogP contribution in [0.2, 0.25) is 0 Å². The number of allylic oxidation sites excluding steroid dienone is 11. The number of phosphoric acid groups is 1. The van der Waals surface area contributed by atoms with E-state index in [0.29, 0.717) is 17.4 Å². The molecule has 0 rings (SSSR count). The zero-order valence-corrected chi connectivity index (χ0v) is 51.3. The van der Waals surface area contributed by atoms with Crippen LogP contribution < -0.4 is 10.2 Å². The molecule has 0 bridgehead atoms. The maximum Gasteiger partial charge on any atom is 0.306 e. The molecule has 0 heterocycles. The predicted molar refractivity (Wildman–Crippen MR) is 325 cm³/mol. The van der Waals surface area contributed by atoms with Crippen molar-refractivity contribution in [2.75, 3.05) is 40.9 Å². The summed E-state index contributed by atoms with van der Waals surface area (Å²) >= 11 is 0. The number of nitrogens with one attached hydrogen (secondary N) is 1. The Morgan fingerprint density at radius 3 is 1.26 bits per heavy atom. The average Bonchev–Trinajstić information content (AvgIpc) is 3.38. The predicted octanol–water partition coefficient (Wildman–Crippen LogP) is 19.0. The summed E-state index contributed by atoms with van der Waals surface area (Å²) in [5.41, 5.74) is 0. The topological polar surface area (TPSA) is 114 Å². The van der Waals surface area contributed by atoms with Gasteiger partial charge in [-0.05, 0) is 76.7 Å². The lowest BCUT2D eigenvalue weighted by molar-refractivity contribution is -0.870. The number of quaternary nitrogens is 1. The van der Waals surface area contributed by atoms with E-state index in [0.717, 1.165) is 103 Å². The molecule has 0 aliphatic carbocycles. The van der Waals surface area contributed by atoms with Crippen LogP contribution in [0.15, 0.2) is 72.9 Å². The number of ether oxygens (including phenoxy) is 1. The SMILES string of the molecule is CC/C=C\C/C=C\C/C=C\C/C=C\C/C=C\CCCCCCCCCC(=O)NC(COP(=O)([O-])OCC[N+](C)(C)C)C(/C=C\CCCCCCCCCCCCC)OC(=O)CCCCCCCCCCCCCCCC. The van der Waals surface area contributed by atoms with Crippen molar-refractivity contribution in [3.63, 3.8) is 0 Å². The normalized spacial score (nSPS) is 14.1. The number of phosphoric ester groups is 1. The number of likely N-dealkylation sites (N-methyl/N-ethyl adjacent to an activating group) is 1. The second-order valence-corrected chi connectivity index (χ2v) is 23.9. The van der Waals surface area contributed by atoms with Gasteiger partial charge in [0, 0.05) is 12.8 Å². The summed E-state index contributed by atoms with van der Waals surface area (Å²) in [5.74, 6) is -0.547. The van der Waals surface area contributed by atoms with Crippen LogP contribution in [0, 0.1) is 0 Å². The van der Waals surface area contributed by atoms with Gasteiger partial charge in [0.1, 0.15) is 19.3 Å². The highest BCUT2D eigenvalue weighted by molar-refractivity contribution is 7.45. The molecule has 0 aromatic heterocycles. The zero-order valence-electron chi connectivity index (χ0n) is 50.4. The van der Waals surface area contributed by atoms with E-state index in [1.165, 1.54) is 148 Å². The van der Waals surface area contributed by atoms with E-state index >= 15 is 0 Å². The minimum absolute atomic E-state index is 0.0257. The Hall–Kier alpha value is -2.55. The molecule has 76 heavy (non-hydrogen) atoms. The van der Waals surface area contributed by atoms with Gasteiger partial charge in [-0.1, -0.05) is 267 Å². The van der Waals surface area contributed by atoms with Gasteiger partial charge in [-0.2, -0.15) is 0 Å². The van der Waals surface area contributed by atoms with Crippen molar-refractivity contribution >= 4 is 19.7 Å². The van der Waals surface area contributed by atoms with Crippen LogP contribution in [0.1, 0.15) is 284 Å². The summed E-state index contributed by atoms with van der Waals surface area (Å²) in [5, 5.41) is 3.03. The quantitative estimate of drug-likeness (QED) is 0.0212. The molecule has 1 N–H and O–H groups in total. The number of amides is 1. The van der Waals surface area contributed by atoms with Crippen molar-refractivity contribution in [3.8, 4) is 0 Å². The first-order valence-electron chi connectivity index (χ1n) is 31.7. The smallest absolute Gasteiger partial charge is 0.306 e. The van der Waals surface area contributed by atoms with Gasteiger partial charge in [-0.15, -0.1) is 0 Å². The van der Waals surface area contributed by atoms with Crippen LogP contribution in [0.5, 0.6) is 0 Å². The number of hydrogen-bond donors (Lipinski definition) is 1. The third-order valence-corrected chi connectivity index (χ3v) is 14.9. The maximum absolute atomic E-state index is 13.5. The van der Waals surface area contributed by atoms with E-state index in [2.05, 4.69) is 86.8 Å². The van der Waals surface area contributed by atoms with Gasteiger partial charge >= 0.3 is 5.97 Å². The Bertz CT molecular complexity index is 1530. The molecule has 0 aromatic rings. The first kappa shape index (κ1) is 73.5. The average molecular weight is 1090 g/mol. The highest BCUT2D eigenvalue weighted by atomic mass is 31.2. The molecule has 0 spiro atoms. The molecular weight excluding hydrogens is 964 g/mol. The number of rotatable bonds is 57. The second-order valence-electron chi connectivity index (χ2n) is 22.5. The van der Waals surface area contributed by atoms with E-state index in [1.54, 1.807) is 0 Å². The Kier molecular flexibility index (Phi) is 53.9. The van der Waals surface area contributed by atoms with Crippen LogP contribution in [-0.4, -0.2) is 69.4 Å². The highest BCUT2D eigenvalue weighted by Gasteiger charge is 2.27. The van der Waals surface area contributed by atoms with Gasteiger partial charge < -0.3 is 28.5 Å². The van der Waals surface area contributed by atoms with E-state index < -0.39 is 26.6 Å². The summed E-state index contributed by atoms with van der Waals surface area (Å²) < 4.78 is 30.3. The van der Waals surface area contributed by atoms with Gasteiger partial charge in [0.2, 0.25) is 5.91 Å². The summed E-state index contributed by atoms with van der Waals surface area (Å²) in [6.07, 6.45) is 71.5. The van der Waals surface area contributed by atoms with Crippen LogP contribution in [-0.2, 0) is 27.9 Å². The van der Waals surface area contributed by atoms with E-state index in [-0.39, 0.29) is 24.9 Å². The van der Waals surface area contributed by atoms with Crippen molar-refractivity contribution in [2.24, 2.45) is 0 Å². The van der Waals surface area contributed by atoms with Gasteiger partial charge in [0.05, 0.1) is 33.8 Å². The number of nitrogens with zero attached hydrogens (tertiary/aromatic N) is 1. The monoisotopic (exact) mass is 1080 g/mol. The summed E-state index contributed by atoms with van der Waals surface area (Å²) in [6.45, 7) is 6.74. The first-order valence-corrected chi connectivity index (χ1v) is 33.2. The Morgan fingerprint density at radius 2 is 0.842 bits per heavy atom. The van der Waals surface area contributed by atoms with Crippen LogP contribution in [0.25, 0.3) is 0 Å². The second kappa shape index (κ2) is 55.8.